The van der Waals surface area contributed by atoms with Gasteiger partial charge in [0.25, 0.3) is 0 Å². The number of carbonyl (C=O) groups is 1. The van der Waals surface area contributed by atoms with Gasteiger partial charge in [-0.15, -0.1) is 0 Å². The first-order valence-corrected chi connectivity index (χ1v) is 7.26. The number of imidazole rings is 1. The van der Waals surface area contributed by atoms with Crippen LogP contribution in [0.4, 0.5) is 0 Å². The third kappa shape index (κ3) is 2.65. The molecule has 0 bridgehead atoms. The van der Waals surface area contributed by atoms with Crippen molar-refractivity contribution in [3.8, 4) is 0 Å². The molecule has 3 rings (SSSR count). The number of benzene rings is 1. The molecule has 1 saturated heterocycles. The molecular weight excluding hydrogens is 268 g/mol. The van der Waals surface area contributed by atoms with Gasteiger partial charge in [0, 0.05) is 19.8 Å². The lowest BCUT2D eigenvalue weighted by molar-refractivity contribution is 0.0158. The average Bonchev–Trinajstić information content (AvgIpc) is 2.75. The Labute approximate surface area is 123 Å². The molecule has 2 aromatic rings. The molecule has 0 aliphatic carbocycles. The Bertz CT molecular complexity index is 684. The molecule has 2 heterocycles. The lowest BCUT2D eigenvalue weighted by atomic mass is 9.82. The summed E-state index contributed by atoms with van der Waals surface area (Å²) in [5, 5.41) is 9.17. The molecule has 112 valence electrons. The van der Waals surface area contributed by atoms with E-state index < -0.39 is 5.97 Å². The fourth-order valence-corrected chi connectivity index (χ4v) is 2.98. The zero-order chi connectivity index (χ0) is 15.0. The Hall–Kier alpha value is -1.88. The number of carboxylic acids is 1. The molecule has 5 heteroatoms. The van der Waals surface area contributed by atoms with Gasteiger partial charge in [0.15, 0.2) is 0 Å². The van der Waals surface area contributed by atoms with Crippen molar-refractivity contribution in [2.45, 2.75) is 33.2 Å². The van der Waals surface area contributed by atoms with E-state index in [0.717, 1.165) is 49.5 Å². The van der Waals surface area contributed by atoms with Crippen molar-refractivity contribution in [1.29, 1.82) is 0 Å². The largest absolute Gasteiger partial charge is 0.478 e. The molecule has 1 aromatic heterocycles. The van der Waals surface area contributed by atoms with Crippen LogP contribution in [0.5, 0.6) is 0 Å². The van der Waals surface area contributed by atoms with Crippen LogP contribution >= 0.6 is 0 Å². The Morgan fingerprint density at radius 1 is 1.43 bits per heavy atom. The lowest BCUT2D eigenvalue weighted by Crippen LogP contribution is -2.31. The van der Waals surface area contributed by atoms with Crippen LogP contribution in [0.15, 0.2) is 18.2 Å². The molecule has 0 atom stereocenters. The second-order valence-electron chi connectivity index (χ2n) is 6.18. The maximum atomic E-state index is 11.2. The second kappa shape index (κ2) is 5.15. The van der Waals surface area contributed by atoms with Gasteiger partial charge in [0.2, 0.25) is 0 Å². The summed E-state index contributed by atoms with van der Waals surface area (Å²) in [6.07, 6.45) is 2.04. The Balaban J connectivity index is 2.02. The van der Waals surface area contributed by atoms with E-state index in [1.54, 1.807) is 18.2 Å². The second-order valence-corrected chi connectivity index (χ2v) is 6.18. The van der Waals surface area contributed by atoms with Crippen molar-refractivity contribution in [3.63, 3.8) is 0 Å². The van der Waals surface area contributed by atoms with Gasteiger partial charge in [-0.2, -0.15) is 0 Å². The minimum atomic E-state index is -0.903. The van der Waals surface area contributed by atoms with E-state index >= 15 is 0 Å². The predicted octanol–water partition coefficient (Wildman–Crippen LogP) is 2.86. The molecule has 0 unspecified atom stereocenters. The number of aromatic nitrogens is 2. The Morgan fingerprint density at radius 3 is 2.81 bits per heavy atom. The first-order chi connectivity index (χ1) is 9.98. The van der Waals surface area contributed by atoms with Gasteiger partial charge < -0.3 is 14.4 Å². The standard InChI is InChI=1S/C16H20N2O3/c1-11-17-13-4-3-12(15(19)20)9-14(13)18(11)10-16(2)5-7-21-8-6-16/h3-4,9H,5-8,10H2,1-2H3,(H,19,20). The topological polar surface area (TPSA) is 64.3 Å². The predicted molar refractivity (Wildman–Crippen MR) is 79.6 cm³/mol. The molecule has 1 aliphatic rings. The SMILES string of the molecule is Cc1nc2ccc(C(=O)O)cc2n1CC1(C)CCOCC1. The molecule has 0 saturated carbocycles. The molecule has 1 N–H and O–H groups in total. The number of rotatable bonds is 3. The van der Waals surface area contributed by atoms with E-state index in [1.807, 2.05) is 6.92 Å². The quantitative estimate of drug-likeness (QED) is 0.943. The van der Waals surface area contributed by atoms with Gasteiger partial charge in [-0.05, 0) is 43.4 Å². The van der Waals surface area contributed by atoms with Crippen LogP contribution in [0.3, 0.4) is 0 Å². The van der Waals surface area contributed by atoms with Crippen molar-refractivity contribution in [2.75, 3.05) is 13.2 Å². The van der Waals surface area contributed by atoms with Crippen LogP contribution < -0.4 is 0 Å². The van der Waals surface area contributed by atoms with Crippen LogP contribution in [0.2, 0.25) is 0 Å². The summed E-state index contributed by atoms with van der Waals surface area (Å²) in [5.41, 5.74) is 2.24. The molecule has 1 fully saturated rings. The third-order valence-electron chi connectivity index (χ3n) is 4.43. The zero-order valence-electron chi connectivity index (χ0n) is 12.4. The molecule has 1 aromatic carbocycles. The lowest BCUT2D eigenvalue weighted by Gasteiger charge is -2.34. The smallest absolute Gasteiger partial charge is 0.335 e. The van der Waals surface area contributed by atoms with Crippen molar-refractivity contribution in [1.82, 2.24) is 9.55 Å². The molecule has 5 nitrogen and oxygen atoms in total. The molecule has 0 radical (unpaired) electrons. The molecule has 0 spiro atoms. The number of hydrogen-bond acceptors (Lipinski definition) is 3. The highest BCUT2D eigenvalue weighted by Gasteiger charge is 2.29. The summed E-state index contributed by atoms with van der Waals surface area (Å²) in [6.45, 7) is 6.68. The Kier molecular flexibility index (Phi) is 3.45. The van der Waals surface area contributed by atoms with Gasteiger partial charge in [0.1, 0.15) is 5.82 Å². The number of hydrogen-bond donors (Lipinski definition) is 1. The summed E-state index contributed by atoms with van der Waals surface area (Å²) >= 11 is 0. The molecule has 1 aliphatic heterocycles. The van der Waals surface area contributed by atoms with Crippen molar-refractivity contribution in [3.05, 3.63) is 29.6 Å². The van der Waals surface area contributed by atoms with Crippen LogP contribution in [-0.2, 0) is 11.3 Å². The zero-order valence-corrected chi connectivity index (χ0v) is 12.4. The maximum absolute atomic E-state index is 11.2. The number of aromatic carboxylic acids is 1. The van der Waals surface area contributed by atoms with E-state index in [4.69, 9.17) is 9.84 Å². The van der Waals surface area contributed by atoms with Crippen LogP contribution in [0, 0.1) is 12.3 Å². The highest BCUT2D eigenvalue weighted by Crippen LogP contribution is 2.33. The summed E-state index contributed by atoms with van der Waals surface area (Å²) in [5.74, 6) is 0.0276. The van der Waals surface area contributed by atoms with Gasteiger partial charge in [0.05, 0.1) is 16.6 Å². The summed E-state index contributed by atoms with van der Waals surface area (Å²) in [7, 11) is 0. The molecule has 0 amide bonds. The minimum absolute atomic E-state index is 0.176. The molecule has 21 heavy (non-hydrogen) atoms. The fourth-order valence-electron chi connectivity index (χ4n) is 2.98. The van der Waals surface area contributed by atoms with Crippen molar-refractivity contribution < 1.29 is 14.6 Å². The van der Waals surface area contributed by atoms with Gasteiger partial charge in [-0.25, -0.2) is 9.78 Å². The molecular formula is C16H20N2O3. The van der Waals surface area contributed by atoms with Gasteiger partial charge in [-0.1, -0.05) is 6.92 Å². The third-order valence-corrected chi connectivity index (χ3v) is 4.43. The van der Waals surface area contributed by atoms with Crippen molar-refractivity contribution in [2.24, 2.45) is 5.41 Å². The fraction of sp³-hybridized carbons (Fsp3) is 0.500. The summed E-state index contributed by atoms with van der Waals surface area (Å²) in [4.78, 5) is 15.7. The van der Waals surface area contributed by atoms with E-state index in [-0.39, 0.29) is 5.41 Å². The van der Waals surface area contributed by atoms with E-state index in [2.05, 4.69) is 16.5 Å². The van der Waals surface area contributed by atoms with Crippen LogP contribution in [-0.4, -0.2) is 33.8 Å². The number of carboxylic acid groups (broad SMARTS) is 1. The summed E-state index contributed by atoms with van der Waals surface area (Å²) < 4.78 is 7.60. The minimum Gasteiger partial charge on any atom is -0.478 e. The number of aryl methyl sites for hydroxylation is 1. The van der Waals surface area contributed by atoms with Crippen molar-refractivity contribution >= 4 is 17.0 Å². The highest BCUT2D eigenvalue weighted by molar-refractivity contribution is 5.92. The number of ether oxygens (including phenoxy) is 1. The van der Waals surface area contributed by atoms with E-state index in [0.29, 0.717) is 5.56 Å². The highest BCUT2D eigenvalue weighted by atomic mass is 16.5. The van der Waals surface area contributed by atoms with Gasteiger partial charge in [-0.3, -0.25) is 0 Å². The normalized spacial score (nSPS) is 18.0. The number of fused-ring (bicyclic) bond motifs is 1. The van der Waals surface area contributed by atoms with E-state index in [9.17, 15) is 4.79 Å². The monoisotopic (exact) mass is 288 g/mol. The van der Waals surface area contributed by atoms with Crippen LogP contribution in [0.1, 0.15) is 35.9 Å². The summed E-state index contributed by atoms with van der Waals surface area (Å²) in [6, 6.07) is 5.12. The first kappa shape index (κ1) is 14.1. The Morgan fingerprint density at radius 2 is 2.14 bits per heavy atom. The average molecular weight is 288 g/mol. The maximum Gasteiger partial charge on any atom is 0.335 e. The van der Waals surface area contributed by atoms with E-state index in [1.165, 1.54) is 0 Å². The van der Waals surface area contributed by atoms with Gasteiger partial charge >= 0.3 is 5.97 Å². The first-order valence-electron chi connectivity index (χ1n) is 7.26. The number of nitrogens with zero attached hydrogens (tertiary/aromatic N) is 2. The van der Waals surface area contributed by atoms with Crippen LogP contribution in [0.25, 0.3) is 11.0 Å².